The molecular formula is C20H15N3O7. The number of carbonyl (C=O) groups excluding carboxylic acids is 4. The van der Waals surface area contributed by atoms with E-state index in [1.165, 1.54) is 18.2 Å². The van der Waals surface area contributed by atoms with Gasteiger partial charge in [0.1, 0.15) is 11.3 Å². The number of amides is 5. The molecule has 2 aromatic carbocycles. The number of barbiturate groups is 1. The first-order valence-electron chi connectivity index (χ1n) is 8.74. The van der Waals surface area contributed by atoms with E-state index in [9.17, 15) is 19.2 Å². The molecule has 2 heterocycles. The van der Waals surface area contributed by atoms with Crippen LogP contribution < -0.4 is 30.2 Å². The fourth-order valence-electron chi connectivity index (χ4n) is 2.90. The number of imide groups is 2. The van der Waals surface area contributed by atoms with E-state index in [0.29, 0.717) is 22.8 Å². The van der Waals surface area contributed by atoms with Gasteiger partial charge in [0.2, 0.25) is 6.79 Å². The molecule has 0 spiro atoms. The van der Waals surface area contributed by atoms with Gasteiger partial charge in [-0.1, -0.05) is 12.1 Å². The van der Waals surface area contributed by atoms with Crippen LogP contribution >= 0.6 is 0 Å². The van der Waals surface area contributed by atoms with Crippen LogP contribution in [0.25, 0.3) is 6.08 Å². The van der Waals surface area contributed by atoms with Gasteiger partial charge in [-0.25, -0.2) is 9.69 Å². The second-order valence-electron chi connectivity index (χ2n) is 6.32. The number of rotatable bonds is 5. The van der Waals surface area contributed by atoms with Gasteiger partial charge in [-0.05, 0) is 35.9 Å². The molecule has 152 valence electrons. The average Bonchev–Trinajstić information content (AvgIpc) is 3.18. The summed E-state index contributed by atoms with van der Waals surface area (Å²) in [6, 6.07) is 10.00. The topological polar surface area (TPSA) is 137 Å². The van der Waals surface area contributed by atoms with Gasteiger partial charge in [0, 0.05) is 6.07 Å². The minimum Gasteiger partial charge on any atom is -0.484 e. The first-order chi connectivity index (χ1) is 14.4. The SMILES string of the molecule is NC(=O)COc1ccc(/C=C2\C(=O)NC(=O)N(c3ccc4c(c3)OCO4)C2=O)cc1. The molecule has 10 nitrogen and oxygen atoms in total. The van der Waals surface area contributed by atoms with E-state index in [4.69, 9.17) is 19.9 Å². The summed E-state index contributed by atoms with van der Waals surface area (Å²) in [5.74, 6) is -0.921. The molecule has 0 atom stereocenters. The van der Waals surface area contributed by atoms with Crippen LogP contribution in [0.2, 0.25) is 0 Å². The second kappa shape index (κ2) is 7.59. The Kier molecular flexibility index (Phi) is 4.80. The van der Waals surface area contributed by atoms with E-state index in [1.54, 1.807) is 30.3 Å². The number of nitrogens with one attached hydrogen (secondary N) is 1. The average molecular weight is 409 g/mol. The molecule has 2 aliphatic heterocycles. The monoisotopic (exact) mass is 409 g/mol. The zero-order valence-electron chi connectivity index (χ0n) is 15.4. The fraction of sp³-hybridized carbons (Fsp3) is 0.100. The van der Waals surface area contributed by atoms with Crippen LogP contribution in [0.1, 0.15) is 5.56 Å². The fourth-order valence-corrected chi connectivity index (χ4v) is 2.90. The third-order valence-electron chi connectivity index (χ3n) is 4.29. The number of nitrogens with zero attached hydrogens (tertiary/aromatic N) is 1. The maximum atomic E-state index is 12.9. The van der Waals surface area contributed by atoms with Crippen LogP contribution in [0.15, 0.2) is 48.0 Å². The number of carbonyl (C=O) groups is 4. The van der Waals surface area contributed by atoms with Crippen molar-refractivity contribution in [1.29, 1.82) is 0 Å². The molecule has 4 rings (SSSR count). The summed E-state index contributed by atoms with van der Waals surface area (Å²) < 4.78 is 15.7. The maximum Gasteiger partial charge on any atom is 0.335 e. The van der Waals surface area contributed by atoms with Crippen LogP contribution in [-0.2, 0) is 14.4 Å². The number of hydrogen-bond acceptors (Lipinski definition) is 7. The molecule has 1 fully saturated rings. The molecular weight excluding hydrogens is 394 g/mol. The highest BCUT2D eigenvalue weighted by atomic mass is 16.7. The lowest BCUT2D eigenvalue weighted by molar-refractivity contribution is -0.123. The molecule has 0 bridgehead atoms. The van der Waals surface area contributed by atoms with Gasteiger partial charge in [-0.15, -0.1) is 0 Å². The van der Waals surface area contributed by atoms with Crippen molar-refractivity contribution in [2.45, 2.75) is 0 Å². The molecule has 5 amide bonds. The van der Waals surface area contributed by atoms with Gasteiger partial charge < -0.3 is 19.9 Å². The molecule has 1 saturated heterocycles. The van der Waals surface area contributed by atoms with Crippen molar-refractivity contribution in [3.05, 3.63) is 53.6 Å². The minimum absolute atomic E-state index is 0.0434. The highest BCUT2D eigenvalue weighted by Gasteiger charge is 2.37. The molecule has 3 N–H and O–H groups in total. The molecule has 0 radical (unpaired) electrons. The van der Waals surface area contributed by atoms with Gasteiger partial charge in [0.05, 0.1) is 5.69 Å². The van der Waals surface area contributed by atoms with Gasteiger partial charge in [-0.2, -0.15) is 0 Å². The summed E-state index contributed by atoms with van der Waals surface area (Å²) in [4.78, 5) is 49.1. The number of nitrogens with two attached hydrogens (primary N) is 1. The smallest absolute Gasteiger partial charge is 0.335 e. The zero-order chi connectivity index (χ0) is 21.3. The normalized spacial score (nSPS) is 16.6. The summed E-state index contributed by atoms with van der Waals surface area (Å²) in [7, 11) is 0. The molecule has 30 heavy (non-hydrogen) atoms. The Morgan fingerprint density at radius 3 is 2.57 bits per heavy atom. The number of urea groups is 1. The van der Waals surface area contributed by atoms with Crippen molar-refractivity contribution < 1.29 is 33.4 Å². The first kappa shape index (κ1) is 19.0. The number of ether oxygens (including phenoxy) is 3. The third kappa shape index (κ3) is 3.65. The predicted octanol–water partition coefficient (Wildman–Crippen LogP) is 0.946. The van der Waals surface area contributed by atoms with Crippen LogP contribution in [0.4, 0.5) is 10.5 Å². The number of primary amides is 1. The van der Waals surface area contributed by atoms with Gasteiger partial charge in [0.15, 0.2) is 18.1 Å². The lowest BCUT2D eigenvalue weighted by Gasteiger charge is -2.26. The number of hydrogen-bond donors (Lipinski definition) is 2. The van der Waals surface area contributed by atoms with E-state index in [1.807, 2.05) is 0 Å². The summed E-state index contributed by atoms with van der Waals surface area (Å²) in [6.45, 7) is -0.227. The van der Waals surface area contributed by atoms with Crippen LogP contribution in [0.3, 0.4) is 0 Å². The van der Waals surface area contributed by atoms with E-state index in [2.05, 4.69) is 5.32 Å². The molecule has 2 aromatic rings. The van der Waals surface area contributed by atoms with Crippen molar-refractivity contribution in [2.75, 3.05) is 18.3 Å². The minimum atomic E-state index is -0.865. The highest BCUT2D eigenvalue weighted by molar-refractivity contribution is 6.39. The molecule has 0 aromatic heterocycles. The molecule has 0 unspecified atom stereocenters. The molecule has 10 heteroatoms. The molecule has 2 aliphatic rings. The van der Waals surface area contributed by atoms with E-state index in [-0.39, 0.29) is 24.7 Å². The summed E-state index contributed by atoms with van der Waals surface area (Å²) in [5.41, 5.74) is 5.55. The third-order valence-corrected chi connectivity index (χ3v) is 4.29. The lowest BCUT2D eigenvalue weighted by Crippen LogP contribution is -2.54. The Morgan fingerprint density at radius 2 is 1.83 bits per heavy atom. The molecule has 0 aliphatic carbocycles. The van der Waals surface area contributed by atoms with Crippen LogP contribution in [0, 0.1) is 0 Å². The highest BCUT2D eigenvalue weighted by Crippen LogP contribution is 2.36. The summed E-state index contributed by atoms with van der Waals surface area (Å²) in [5, 5.41) is 2.15. The predicted molar refractivity (Wildman–Crippen MR) is 103 cm³/mol. The largest absolute Gasteiger partial charge is 0.484 e. The Morgan fingerprint density at radius 1 is 1.10 bits per heavy atom. The summed E-state index contributed by atoms with van der Waals surface area (Å²) >= 11 is 0. The number of fused-ring (bicyclic) bond motifs is 1. The zero-order valence-corrected chi connectivity index (χ0v) is 15.4. The Balaban J connectivity index is 1.60. The lowest BCUT2D eigenvalue weighted by atomic mass is 10.1. The second-order valence-corrected chi connectivity index (χ2v) is 6.32. The van der Waals surface area contributed by atoms with E-state index < -0.39 is 23.8 Å². The van der Waals surface area contributed by atoms with E-state index in [0.717, 1.165) is 4.90 Å². The van der Waals surface area contributed by atoms with Crippen molar-refractivity contribution in [3.8, 4) is 17.2 Å². The number of anilines is 1. The van der Waals surface area contributed by atoms with Crippen molar-refractivity contribution >= 4 is 35.5 Å². The Bertz CT molecular complexity index is 1090. The van der Waals surface area contributed by atoms with Gasteiger partial charge in [0.25, 0.3) is 17.7 Å². The van der Waals surface area contributed by atoms with Crippen LogP contribution in [0.5, 0.6) is 17.2 Å². The van der Waals surface area contributed by atoms with E-state index >= 15 is 0 Å². The Labute approximate surface area is 169 Å². The van der Waals surface area contributed by atoms with Gasteiger partial charge in [-0.3, -0.25) is 19.7 Å². The van der Waals surface area contributed by atoms with Crippen molar-refractivity contribution in [2.24, 2.45) is 5.73 Å². The Hall–Kier alpha value is -4.34. The standard InChI is InChI=1S/C20H15N3O7/c21-17(24)9-28-13-4-1-11(2-5-13)7-14-18(25)22-20(27)23(19(14)26)12-3-6-15-16(8-12)30-10-29-15/h1-8H,9-10H2,(H2,21,24)(H,22,25,27)/b14-7+. The van der Waals surface area contributed by atoms with Crippen LogP contribution in [-0.4, -0.2) is 37.2 Å². The van der Waals surface area contributed by atoms with Gasteiger partial charge >= 0.3 is 6.03 Å². The quantitative estimate of drug-likeness (QED) is 0.554. The van der Waals surface area contributed by atoms with Crippen molar-refractivity contribution in [3.63, 3.8) is 0 Å². The summed E-state index contributed by atoms with van der Waals surface area (Å²) in [6.07, 6.45) is 1.35. The molecule has 0 saturated carbocycles. The number of benzene rings is 2. The maximum absolute atomic E-state index is 12.9. The van der Waals surface area contributed by atoms with Crippen molar-refractivity contribution in [1.82, 2.24) is 5.32 Å². The first-order valence-corrected chi connectivity index (χ1v) is 8.74.